The fourth-order valence-corrected chi connectivity index (χ4v) is 4.33. The smallest absolute Gasteiger partial charge is 0.332 e. The summed E-state index contributed by atoms with van der Waals surface area (Å²) in [5, 5.41) is 3.34. The molecular weight excluding hydrogens is 485 g/mol. The molecular formula is C23H23Cl2N3O6. The molecule has 2 heterocycles. The molecule has 1 atom stereocenters. The number of halogens is 2. The average molecular weight is 508 g/mol. The lowest BCUT2D eigenvalue weighted by Crippen LogP contribution is -2.43. The van der Waals surface area contributed by atoms with E-state index >= 15 is 0 Å². The first-order valence-electron chi connectivity index (χ1n) is 10.6. The molecule has 1 aliphatic rings. The second-order valence-corrected chi connectivity index (χ2v) is 8.58. The van der Waals surface area contributed by atoms with Crippen LogP contribution in [0.1, 0.15) is 12.8 Å². The maximum atomic E-state index is 13.4. The van der Waals surface area contributed by atoms with Crippen molar-refractivity contribution in [1.29, 1.82) is 0 Å². The van der Waals surface area contributed by atoms with Crippen LogP contribution in [0.15, 0.2) is 39.9 Å². The number of benzene rings is 2. The molecule has 1 aromatic heterocycles. The van der Waals surface area contributed by atoms with E-state index in [9.17, 15) is 14.4 Å². The van der Waals surface area contributed by atoms with Crippen molar-refractivity contribution >= 4 is 45.7 Å². The van der Waals surface area contributed by atoms with Crippen molar-refractivity contribution in [2.75, 3.05) is 26.1 Å². The van der Waals surface area contributed by atoms with Gasteiger partial charge in [0.25, 0.3) is 5.56 Å². The van der Waals surface area contributed by atoms with Gasteiger partial charge in [0.2, 0.25) is 5.91 Å². The number of nitrogens with one attached hydrogen (secondary N) is 1. The molecule has 1 fully saturated rings. The van der Waals surface area contributed by atoms with Crippen molar-refractivity contribution in [3.05, 3.63) is 61.2 Å². The molecule has 1 N–H and O–H groups in total. The summed E-state index contributed by atoms with van der Waals surface area (Å²) in [5.41, 5.74) is -0.578. The summed E-state index contributed by atoms with van der Waals surface area (Å²) in [6, 6.07) is 7.85. The van der Waals surface area contributed by atoms with Gasteiger partial charge in [-0.2, -0.15) is 0 Å². The van der Waals surface area contributed by atoms with E-state index in [0.29, 0.717) is 23.8 Å². The van der Waals surface area contributed by atoms with Gasteiger partial charge in [0.05, 0.1) is 53.5 Å². The predicted molar refractivity (Wildman–Crippen MR) is 130 cm³/mol. The van der Waals surface area contributed by atoms with E-state index in [-0.39, 0.29) is 40.1 Å². The maximum absolute atomic E-state index is 13.4. The SMILES string of the molecule is COc1cc2c(=O)n(C[C@@H]3CCCO3)c(=O)n(CC(=O)Nc3cccc(Cl)c3Cl)c2cc1OC. The van der Waals surface area contributed by atoms with Crippen molar-refractivity contribution in [1.82, 2.24) is 9.13 Å². The lowest BCUT2D eigenvalue weighted by molar-refractivity contribution is -0.116. The van der Waals surface area contributed by atoms with Crippen molar-refractivity contribution in [2.24, 2.45) is 0 Å². The fourth-order valence-electron chi connectivity index (χ4n) is 3.98. The molecule has 9 nitrogen and oxygen atoms in total. The number of hydrogen-bond acceptors (Lipinski definition) is 6. The van der Waals surface area contributed by atoms with Crippen LogP contribution in [-0.2, 0) is 22.6 Å². The van der Waals surface area contributed by atoms with Gasteiger partial charge in [-0.15, -0.1) is 0 Å². The molecule has 180 valence electrons. The van der Waals surface area contributed by atoms with Crippen LogP contribution in [0.3, 0.4) is 0 Å². The van der Waals surface area contributed by atoms with Crippen LogP contribution in [0.25, 0.3) is 10.9 Å². The summed E-state index contributed by atoms with van der Waals surface area (Å²) in [4.78, 5) is 39.6. The zero-order chi connectivity index (χ0) is 24.4. The Labute approximate surface area is 204 Å². The van der Waals surface area contributed by atoms with Crippen LogP contribution < -0.4 is 26.0 Å². The molecule has 1 saturated heterocycles. The third kappa shape index (κ3) is 4.64. The maximum Gasteiger partial charge on any atom is 0.332 e. The summed E-state index contributed by atoms with van der Waals surface area (Å²) in [7, 11) is 2.89. The highest BCUT2D eigenvalue weighted by Crippen LogP contribution is 2.31. The Bertz CT molecular complexity index is 1360. The first kappa shape index (κ1) is 24.1. The van der Waals surface area contributed by atoms with Crippen molar-refractivity contribution in [3.8, 4) is 11.5 Å². The lowest BCUT2D eigenvalue weighted by atomic mass is 10.2. The summed E-state index contributed by atoms with van der Waals surface area (Å²) < 4.78 is 18.6. The molecule has 11 heteroatoms. The summed E-state index contributed by atoms with van der Waals surface area (Å²) in [6.07, 6.45) is 1.34. The standard InChI is InChI=1S/C23H23Cl2N3O6/c1-32-18-9-14-17(10-19(18)33-2)27(12-20(29)26-16-7-3-6-15(24)21(16)25)23(31)28(22(14)30)11-13-5-4-8-34-13/h3,6-7,9-10,13H,4-5,8,11-12H2,1-2H3,(H,26,29)/t13-/m0/s1. The van der Waals surface area contributed by atoms with Crippen molar-refractivity contribution in [2.45, 2.75) is 32.0 Å². The first-order valence-corrected chi connectivity index (χ1v) is 11.3. The minimum Gasteiger partial charge on any atom is -0.493 e. The second kappa shape index (κ2) is 10.1. The number of amides is 1. The fraction of sp³-hybridized carbons (Fsp3) is 0.348. The number of nitrogens with zero attached hydrogens (tertiary/aromatic N) is 2. The largest absolute Gasteiger partial charge is 0.493 e. The Balaban J connectivity index is 1.82. The number of aromatic nitrogens is 2. The molecule has 0 aliphatic carbocycles. The second-order valence-electron chi connectivity index (χ2n) is 7.79. The van der Waals surface area contributed by atoms with E-state index < -0.39 is 17.2 Å². The number of rotatable bonds is 7. The summed E-state index contributed by atoms with van der Waals surface area (Å²) in [6.45, 7) is 0.290. The van der Waals surface area contributed by atoms with Gasteiger partial charge in [-0.05, 0) is 31.0 Å². The van der Waals surface area contributed by atoms with Crippen molar-refractivity contribution < 1.29 is 19.0 Å². The lowest BCUT2D eigenvalue weighted by Gasteiger charge is -2.18. The van der Waals surface area contributed by atoms with Crippen LogP contribution in [0, 0.1) is 0 Å². The Hall–Kier alpha value is -3.01. The van der Waals surface area contributed by atoms with Gasteiger partial charge in [0.15, 0.2) is 11.5 Å². The minimum atomic E-state index is -0.632. The number of fused-ring (bicyclic) bond motifs is 1. The van der Waals surface area contributed by atoms with Gasteiger partial charge in [-0.25, -0.2) is 4.79 Å². The number of carbonyl (C=O) groups excluding carboxylic acids is 1. The van der Waals surface area contributed by atoms with Gasteiger partial charge < -0.3 is 19.5 Å². The van der Waals surface area contributed by atoms with E-state index in [1.807, 2.05) is 0 Å². The van der Waals surface area contributed by atoms with Crippen LogP contribution >= 0.6 is 23.2 Å². The molecule has 1 amide bonds. The molecule has 34 heavy (non-hydrogen) atoms. The normalized spacial score (nSPS) is 15.5. The number of carbonyl (C=O) groups is 1. The van der Waals surface area contributed by atoms with Gasteiger partial charge in [0.1, 0.15) is 6.54 Å². The molecule has 0 radical (unpaired) electrons. The third-order valence-corrected chi connectivity index (χ3v) is 6.49. The zero-order valence-corrected chi connectivity index (χ0v) is 20.1. The van der Waals surface area contributed by atoms with Crippen molar-refractivity contribution in [3.63, 3.8) is 0 Å². The van der Waals surface area contributed by atoms with E-state index in [0.717, 1.165) is 17.4 Å². The number of anilines is 1. The van der Waals surface area contributed by atoms with E-state index in [2.05, 4.69) is 5.32 Å². The Morgan fingerprint density at radius 3 is 2.56 bits per heavy atom. The molecule has 2 aromatic carbocycles. The predicted octanol–water partition coefficient (Wildman–Crippen LogP) is 3.30. The van der Waals surface area contributed by atoms with E-state index in [1.54, 1.807) is 18.2 Å². The molecule has 0 saturated carbocycles. The topological polar surface area (TPSA) is 101 Å². The molecule has 0 spiro atoms. The average Bonchev–Trinajstić information content (AvgIpc) is 3.35. The van der Waals surface area contributed by atoms with Gasteiger partial charge in [0, 0.05) is 12.7 Å². The van der Waals surface area contributed by atoms with Gasteiger partial charge in [-0.1, -0.05) is 29.3 Å². The number of ether oxygens (including phenoxy) is 3. The Morgan fingerprint density at radius 2 is 1.88 bits per heavy atom. The van der Waals surface area contributed by atoms with Gasteiger partial charge >= 0.3 is 5.69 Å². The molecule has 0 unspecified atom stereocenters. The van der Waals surface area contributed by atoms with Crippen LogP contribution in [0.5, 0.6) is 11.5 Å². The highest BCUT2D eigenvalue weighted by molar-refractivity contribution is 6.43. The molecule has 0 bridgehead atoms. The molecule has 1 aliphatic heterocycles. The Kier molecular flexibility index (Phi) is 7.16. The van der Waals surface area contributed by atoms with Crippen LogP contribution in [0.4, 0.5) is 5.69 Å². The highest BCUT2D eigenvalue weighted by atomic mass is 35.5. The van der Waals surface area contributed by atoms with E-state index in [4.69, 9.17) is 37.4 Å². The third-order valence-electron chi connectivity index (χ3n) is 5.67. The van der Waals surface area contributed by atoms with E-state index in [1.165, 1.54) is 30.9 Å². The Morgan fingerprint density at radius 1 is 1.15 bits per heavy atom. The van der Waals surface area contributed by atoms with Crippen LogP contribution in [-0.4, -0.2) is 42.0 Å². The number of methoxy groups -OCH3 is 2. The molecule has 4 rings (SSSR count). The van der Waals surface area contributed by atoms with Gasteiger partial charge in [-0.3, -0.25) is 18.7 Å². The quantitative estimate of drug-likeness (QED) is 0.526. The number of hydrogen-bond donors (Lipinski definition) is 1. The summed E-state index contributed by atoms with van der Waals surface area (Å²) >= 11 is 12.2. The monoisotopic (exact) mass is 507 g/mol. The highest BCUT2D eigenvalue weighted by Gasteiger charge is 2.23. The first-order chi connectivity index (χ1) is 16.3. The molecule has 3 aromatic rings. The zero-order valence-electron chi connectivity index (χ0n) is 18.6. The minimum absolute atomic E-state index is 0.0870. The summed E-state index contributed by atoms with van der Waals surface area (Å²) in [5.74, 6) is 0.124. The van der Waals surface area contributed by atoms with Crippen LogP contribution in [0.2, 0.25) is 10.0 Å².